The fourth-order valence-corrected chi connectivity index (χ4v) is 1.94. The highest BCUT2D eigenvalue weighted by Gasteiger charge is 2.07. The lowest BCUT2D eigenvalue weighted by Crippen LogP contribution is -2.16. The highest BCUT2D eigenvalue weighted by molar-refractivity contribution is 5.16. The van der Waals surface area contributed by atoms with Crippen molar-refractivity contribution in [1.82, 2.24) is 0 Å². The summed E-state index contributed by atoms with van der Waals surface area (Å²) >= 11 is 0. The highest BCUT2D eigenvalue weighted by atomic mass is 19.1. The van der Waals surface area contributed by atoms with Gasteiger partial charge in [-0.15, -0.1) is 0 Å². The van der Waals surface area contributed by atoms with E-state index in [1.54, 1.807) is 0 Å². The van der Waals surface area contributed by atoms with Gasteiger partial charge in [0.25, 0.3) is 0 Å². The lowest BCUT2D eigenvalue weighted by molar-refractivity contribution is 0.464. The minimum absolute atomic E-state index is 0.168. The summed E-state index contributed by atoms with van der Waals surface area (Å²) in [4.78, 5) is 0. The fraction of sp³-hybridized carbons (Fsp3) is 0.571. The van der Waals surface area contributed by atoms with E-state index in [1.807, 2.05) is 12.1 Å². The lowest BCUT2D eigenvalue weighted by Gasteiger charge is -2.14. The molecule has 0 aliphatic heterocycles. The van der Waals surface area contributed by atoms with Crippen molar-refractivity contribution in [2.45, 2.75) is 39.0 Å². The number of benzene rings is 1. The molecule has 0 radical (unpaired) electrons. The Balaban J connectivity index is 2.40. The Hall–Kier alpha value is -0.890. The van der Waals surface area contributed by atoms with Gasteiger partial charge in [0.05, 0.1) is 0 Å². The first kappa shape index (κ1) is 13.2. The third kappa shape index (κ3) is 4.75. The molecule has 0 amide bonds. The van der Waals surface area contributed by atoms with Crippen molar-refractivity contribution >= 4 is 0 Å². The maximum absolute atomic E-state index is 12.7. The monoisotopic (exact) mass is 223 g/mol. The molecule has 0 saturated heterocycles. The standard InChI is InChI=1S/C14H22FN/c1-2-3-4-5-13(11-16)10-12-6-8-14(15)9-7-12/h6-9,13H,2-5,10-11,16H2,1H3. The Bertz CT molecular complexity index is 281. The molecule has 0 aliphatic rings. The van der Waals surface area contributed by atoms with Gasteiger partial charge in [0.2, 0.25) is 0 Å². The summed E-state index contributed by atoms with van der Waals surface area (Å²) in [5.41, 5.74) is 6.95. The number of rotatable bonds is 7. The second kappa shape index (κ2) is 7.39. The molecule has 0 spiro atoms. The van der Waals surface area contributed by atoms with Gasteiger partial charge in [-0.3, -0.25) is 0 Å². The van der Waals surface area contributed by atoms with Gasteiger partial charge in [-0.05, 0) is 43.0 Å². The SMILES string of the molecule is CCCCCC(CN)Cc1ccc(F)cc1. The summed E-state index contributed by atoms with van der Waals surface area (Å²) in [7, 11) is 0. The Kier molecular flexibility index (Phi) is 6.09. The highest BCUT2D eigenvalue weighted by Crippen LogP contribution is 2.15. The van der Waals surface area contributed by atoms with Crippen LogP contribution in [0.15, 0.2) is 24.3 Å². The van der Waals surface area contributed by atoms with Crippen LogP contribution in [0.3, 0.4) is 0 Å². The van der Waals surface area contributed by atoms with Crippen molar-refractivity contribution in [3.05, 3.63) is 35.6 Å². The Morgan fingerprint density at radius 2 is 1.88 bits per heavy atom. The molecular weight excluding hydrogens is 201 g/mol. The minimum Gasteiger partial charge on any atom is -0.330 e. The van der Waals surface area contributed by atoms with E-state index in [-0.39, 0.29) is 5.82 Å². The van der Waals surface area contributed by atoms with Gasteiger partial charge >= 0.3 is 0 Å². The maximum Gasteiger partial charge on any atom is 0.123 e. The quantitative estimate of drug-likeness (QED) is 0.703. The van der Waals surface area contributed by atoms with E-state index in [0.29, 0.717) is 5.92 Å². The number of unbranched alkanes of at least 4 members (excludes halogenated alkanes) is 2. The lowest BCUT2D eigenvalue weighted by atomic mass is 9.94. The molecule has 0 saturated carbocycles. The number of hydrogen-bond acceptors (Lipinski definition) is 1. The second-order valence-corrected chi connectivity index (χ2v) is 4.43. The number of halogens is 1. The smallest absolute Gasteiger partial charge is 0.123 e. The first-order valence-corrected chi connectivity index (χ1v) is 6.20. The Labute approximate surface area is 97.9 Å². The van der Waals surface area contributed by atoms with E-state index >= 15 is 0 Å². The first-order chi connectivity index (χ1) is 7.76. The maximum atomic E-state index is 12.7. The van der Waals surface area contributed by atoms with E-state index in [2.05, 4.69) is 6.92 Å². The van der Waals surface area contributed by atoms with Crippen LogP contribution in [0.1, 0.15) is 38.2 Å². The van der Waals surface area contributed by atoms with E-state index in [4.69, 9.17) is 5.73 Å². The molecule has 1 unspecified atom stereocenters. The van der Waals surface area contributed by atoms with Crippen molar-refractivity contribution in [2.75, 3.05) is 6.54 Å². The Morgan fingerprint density at radius 3 is 2.44 bits per heavy atom. The molecule has 1 atom stereocenters. The van der Waals surface area contributed by atoms with Gasteiger partial charge in [0.15, 0.2) is 0 Å². The zero-order valence-corrected chi connectivity index (χ0v) is 10.1. The zero-order chi connectivity index (χ0) is 11.8. The molecule has 0 aromatic heterocycles. The topological polar surface area (TPSA) is 26.0 Å². The third-order valence-electron chi connectivity index (χ3n) is 2.99. The molecule has 90 valence electrons. The molecule has 0 heterocycles. The predicted molar refractivity (Wildman–Crippen MR) is 66.8 cm³/mol. The van der Waals surface area contributed by atoms with Crippen molar-refractivity contribution in [3.8, 4) is 0 Å². The summed E-state index contributed by atoms with van der Waals surface area (Å²) in [6, 6.07) is 6.76. The van der Waals surface area contributed by atoms with E-state index in [1.165, 1.54) is 43.4 Å². The van der Waals surface area contributed by atoms with Crippen LogP contribution < -0.4 is 5.73 Å². The van der Waals surface area contributed by atoms with Crippen LogP contribution >= 0.6 is 0 Å². The normalized spacial score (nSPS) is 12.7. The molecule has 1 rings (SSSR count). The number of hydrogen-bond donors (Lipinski definition) is 1. The molecular formula is C14H22FN. The third-order valence-corrected chi connectivity index (χ3v) is 2.99. The first-order valence-electron chi connectivity index (χ1n) is 6.20. The minimum atomic E-state index is -0.168. The summed E-state index contributed by atoms with van der Waals surface area (Å²) in [6.45, 7) is 2.93. The average Bonchev–Trinajstić information content (AvgIpc) is 2.31. The number of nitrogens with two attached hydrogens (primary N) is 1. The van der Waals surface area contributed by atoms with Crippen LogP contribution in [0, 0.1) is 11.7 Å². The van der Waals surface area contributed by atoms with Crippen molar-refractivity contribution in [3.63, 3.8) is 0 Å². The molecule has 0 aliphatic carbocycles. The molecule has 0 fully saturated rings. The molecule has 0 bridgehead atoms. The van der Waals surface area contributed by atoms with Gasteiger partial charge in [-0.2, -0.15) is 0 Å². The van der Waals surface area contributed by atoms with Gasteiger partial charge in [-0.1, -0.05) is 38.3 Å². The van der Waals surface area contributed by atoms with Crippen molar-refractivity contribution in [1.29, 1.82) is 0 Å². The second-order valence-electron chi connectivity index (χ2n) is 4.43. The molecule has 1 aromatic rings. The van der Waals surface area contributed by atoms with Crippen LogP contribution in [0.2, 0.25) is 0 Å². The van der Waals surface area contributed by atoms with E-state index in [0.717, 1.165) is 13.0 Å². The van der Waals surface area contributed by atoms with Crippen LogP contribution in [0.4, 0.5) is 4.39 Å². The molecule has 2 heteroatoms. The van der Waals surface area contributed by atoms with Gasteiger partial charge in [0.1, 0.15) is 5.82 Å². The molecule has 16 heavy (non-hydrogen) atoms. The molecule has 1 aromatic carbocycles. The van der Waals surface area contributed by atoms with Gasteiger partial charge < -0.3 is 5.73 Å². The van der Waals surface area contributed by atoms with Crippen molar-refractivity contribution in [2.24, 2.45) is 11.7 Å². The van der Waals surface area contributed by atoms with Gasteiger partial charge in [-0.25, -0.2) is 4.39 Å². The zero-order valence-electron chi connectivity index (χ0n) is 10.1. The van der Waals surface area contributed by atoms with Crippen LogP contribution in [0.5, 0.6) is 0 Å². The van der Waals surface area contributed by atoms with Crippen molar-refractivity contribution < 1.29 is 4.39 Å². The van der Waals surface area contributed by atoms with Crippen LogP contribution in [-0.2, 0) is 6.42 Å². The van der Waals surface area contributed by atoms with Gasteiger partial charge in [0, 0.05) is 0 Å². The predicted octanol–water partition coefficient (Wildman–Crippen LogP) is 3.52. The summed E-state index contributed by atoms with van der Waals surface area (Å²) in [6.07, 6.45) is 5.93. The summed E-state index contributed by atoms with van der Waals surface area (Å²) in [5.74, 6) is 0.371. The molecule has 2 N–H and O–H groups in total. The molecule has 1 nitrogen and oxygen atoms in total. The van der Waals surface area contributed by atoms with E-state index in [9.17, 15) is 4.39 Å². The average molecular weight is 223 g/mol. The fourth-order valence-electron chi connectivity index (χ4n) is 1.94. The van der Waals surface area contributed by atoms with Crippen LogP contribution in [0.25, 0.3) is 0 Å². The summed E-state index contributed by atoms with van der Waals surface area (Å²) < 4.78 is 12.7. The largest absolute Gasteiger partial charge is 0.330 e. The summed E-state index contributed by atoms with van der Waals surface area (Å²) in [5, 5.41) is 0. The van der Waals surface area contributed by atoms with Crippen LogP contribution in [-0.4, -0.2) is 6.54 Å². The Morgan fingerprint density at radius 1 is 1.19 bits per heavy atom. The van der Waals surface area contributed by atoms with E-state index < -0.39 is 0 Å².